The van der Waals surface area contributed by atoms with Gasteiger partial charge in [-0.2, -0.15) is 0 Å². The summed E-state index contributed by atoms with van der Waals surface area (Å²) >= 11 is 0. The summed E-state index contributed by atoms with van der Waals surface area (Å²) in [6.45, 7) is 0.423. The van der Waals surface area contributed by atoms with Crippen molar-refractivity contribution >= 4 is 5.69 Å². The number of nitro groups is 1. The first-order chi connectivity index (χ1) is 11.2. The van der Waals surface area contributed by atoms with Gasteiger partial charge in [0.1, 0.15) is 6.61 Å². The van der Waals surface area contributed by atoms with Gasteiger partial charge in [0.05, 0.1) is 10.6 Å². The largest absolute Gasteiger partial charge is 0.473 e. The fourth-order valence-corrected chi connectivity index (χ4v) is 2.17. The molecular formula is C18H14N2O3. The molecule has 1 heterocycles. The van der Waals surface area contributed by atoms with Gasteiger partial charge in [-0.05, 0) is 11.6 Å². The highest BCUT2D eigenvalue weighted by atomic mass is 16.6. The van der Waals surface area contributed by atoms with Crippen LogP contribution in [0, 0.1) is 10.1 Å². The number of hydrogen-bond acceptors (Lipinski definition) is 4. The Bertz CT molecular complexity index is 819. The lowest BCUT2D eigenvalue weighted by Gasteiger charge is -2.07. The minimum Gasteiger partial charge on any atom is -0.473 e. The van der Waals surface area contributed by atoms with E-state index in [2.05, 4.69) is 4.98 Å². The first-order valence-electron chi connectivity index (χ1n) is 7.11. The number of non-ortho nitro benzene ring substituents is 1. The topological polar surface area (TPSA) is 65.3 Å². The van der Waals surface area contributed by atoms with Crippen molar-refractivity contribution in [3.05, 3.63) is 88.5 Å². The van der Waals surface area contributed by atoms with Crippen LogP contribution in [0.3, 0.4) is 0 Å². The second-order valence-electron chi connectivity index (χ2n) is 4.94. The molecule has 1 aromatic heterocycles. The van der Waals surface area contributed by atoms with Gasteiger partial charge in [-0.3, -0.25) is 10.1 Å². The average Bonchev–Trinajstić information content (AvgIpc) is 2.61. The monoisotopic (exact) mass is 306 g/mol. The SMILES string of the molecule is O=[N+]([O-])c1cccc(-c2cccc(OCc3ccccc3)n2)c1. The Balaban J connectivity index is 1.80. The Morgan fingerprint density at radius 3 is 2.52 bits per heavy atom. The van der Waals surface area contributed by atoms with Gasteiger partial charge in [-0.25, -0.2) is 4.98 Å². The Labute approximate surface area is 133 Å². The molecule has 2 aromatic carbocycles. The minimum atomic E-state index is -0.417. The molecule has 0 aliphatic heterocycles. The van der Waals surface area contributed by atoms with Gasteiger partial charge in [-0.1, -0.05) is 48.5 Å². The maximum atomic E-state index is 10.9. The zero-order chi connectivity index (χ0) is 16.1. The first-order valence-corrected chi connectivity index (χ1v) is 7.11. The average molecular weight is 306 g/mol. The third kappa shape index (κ3) is 3.71. The van der Waals surface area contributed by atoms with E-state index in [1.54, 1.807) is 24.3 Å². The Kier molecular flexibility index (Phi) is 4.29. The van der Waals surface area contributed by atoms with Crippen molar-refractivity contribution in [2.24, 2.45) is 0 Å². The molecule has 0 N–H and O–H groups in total. The highest BCUT2D eigenvalue weighted by molar-refractivity contribution is 5.62. The number of nitro benzene ring substituents is 1. The normalized spacial score (nSPS) is 10.3. The molecule has 0 unspecified atom stereocenters. The maximum Gasteiger partial charge on any atom is 0.270 e. The molecule has 0 atom stereocenters. The zero-order valence-electron chi connectivity index (χ0n) is 12.3. The lowest BCUT2D eigenvalue weighted by Crippen LogP contribution is -1.97. The zero-order valence-corrected chi connectivity index (χ0v) is 12.3. The summed E-state index contributed by atoms with van der Waals surface area (Å²) in [5.74, 6) is 0.484. The van der Waals surface area contributed by atoms with Gasteiger partial charge < -0.3 is 4.74 Å². The predicted octanol–water partition coefficient (Wildman–Crippen LogP) is 4.24. The van der Waals surface area contributed by atoms with Crippen LogP contribution in [-0.2, 0) is 6.61 Å². The molecule has 0 radical (unpaired) electrons. The summed E-state index contributed by atoms with van der Waals surface area (Å²) in [5.41, 5.74) is 2.42. The molecule has 5 nitrogen and oxygen atoms in total. The van der Waals surface area contributed by atoms with Crippen molar-refractivity contribution in [2.45, 2.75) is 6.61 Å². The Morgan fingerprint density at radius 1 is 0.957 bits per heavy atom. The molecule has 3 rings (SSSR count). The number of benzene rings is 2. The van der Waals surface area contributed by atoms with E-state index in [-0.39, 0.29) is 5.69 Å². The highest BCUT2D eigenvalue weighted by Gasteiger charge is 2.08. The maximum absolute atomic E-state index is 10.9. The van der Waals surface area contributed by atoms with Crippen molar-refractivity contribution in [3.8, 4) is 17.1 Å². The molecule has 0 saturated carbocycles. The number of hydrogen-bond donors (Lipinski definition) is 0. The molecule has 0 aliphatic rings. The number of pyridine rings is 1. The lowest BCUT2D eigenvalue weighted by atomic mass is 10.1. The molecule has 23 heavy (non-hydrogen) atoms. The number of nitrogens with zero attached hydrogens (tertiary/aromatic N) is 2. The van der Waals surface area contributed by atoms with Gasteiger partial charge >= 0.3 is 0 Å². The van der Waals surface area contributed by atoms with E-state index in [0.29, 0.717) is 23.7 Å². The fraction of sp³-hybridized carbons (Fsp3) is 0.0556. The van der Waals surface area contributed by atoms with Gasteiger partial charge in [-0.15, -0.1) is 0 Å². The third-order valence-electron chi connectivity index (χ3n) is 3.31. The van der Waals surface area contributed by atoms with Crippen molar-refractivity contribution < 1.29 is 9.66 Å². The van der Waals surface area contributed by atoms with E-state index in [1.807, 2.05) is 36.4 Å². The molecule has 0 spiro atoms. The van der Waals surface area contributed by atoms with Crippen LogP contribution in [0.2, 0.25) is 0 Å². The highest BCUT2D eigenvalue weighted by Crippen LogP contribution is 2.24. The summed E-state index contributed by atoms with van der Waals surface area (Å²) in [6.07, 6.45) is 0. The Morgan fingerprint density at radius 2 is 1.74 bits per heavy atom. The van der Waals surface area contributed by atoms with Crippen molar-refractivity contribution in [1.29, 1.82) is 0 Å². The second kappa shape index (κ2) is 6.70. The van der Waals surface area contributed by atoms with Crippen LogP contribution in [0.25, 0.3) is 11.3 Å². The standard InChI is InChI=1S/C18H14N2O3/c21-20(22)16-9-4-8-15(12-16)17-10-5-11-18(19-17)23-13-14-6-2-1-3-7-14/h1-12H,13H2. The van der Waals surface area contributed by atoms with E-state index in [9.17, 15) is 10.1 Å². The van der Waals surface area contributed by atoms with Crippen molar-refractivity contribution in [2.75, 3.05) is 0 Å². The third-order valence-corrected chi connectivity index (χ3v) is 3.31. The van der Waals surface area contributed by atoms with Crippen LogP contribution in [0.1, 0.15) is 5.56 Å². The molecule has 0 amide bonds. The van der Waals surface area contributed by atoms with Gasteiger partial charge in [0.25, 0.3) is 5.69 Å². The van der Waals surface area contributed by atoms with Gasteiger partial charge in [0.15, 0.2) is 0 Å². The first kappa shape index (κ1) is 14.7. The van der Waals surface area contributed by atoms with Gasteiger partial charge in [0.2, 0.25) is 5.88 Å². The number of rotatable bonds is 5. The van der Waals surface area contributed by atoms with Crippen LogP contribution in [0.15, 0.2) is 72.8 Å². The van der Waals surface area contributed by atoms with E-state index in [4.69, 9.17) is 4.74 Å². The summed E-state index contributed by atoms with van der Waals surface area (Å²) in [7, 11) is 0. The summed E-state index contributed by atoms with van der Waals surface area (Å²) in [6, 6.07) is 21.6. The lowest BCUT2D eigenvalue weighted by molar-refractivity contribution is -0.384. The molecular weight excluding hydrogens is 292 g/mol. The van der Waals surface area contributed by atoms with Crippen LogP contribution >= 0.6 is 0 Å². The van der Waals surface area contributed by atoms with Crippen LogP contribution < -0.4 is 4.74 Å². The molecule has 0 bridgehead atoms. The molecule has 0 fully saturated rings. The number of aromatic nitrogens is 1. The molecule has 0 aliphatic carbocycles. The molecule has 3 aromatic rings. The molecule has 114 valence electrons. The van der Waals surface area contributed by atoms with Crippen molar-refractivity contribution in [3.63, 3.8) is 0 Å². The minimum absolute atomic E-state index is 0.0416. The van der Waals surface area contributed by atoms with Crippen LogP contribution in [-0.4, -0.2) is 9.91 Å². The Hall–Kier alpha value is -3.21. The number of ether oxygens (including phenoxy) is 1. The van der Waals surface area contributed by atoms with Gasteiger partial charge in [0, 0.05) is 23.8 Å². The van der Waals surface area contributed by atoms with Crippen LogP contribution in [0.5, 0.6) is 5.88 Å². The van der Waals surface area contributed by atoms with E-state index < -0.39 is 4.92 Å². The molecule has 5 heteroatoms. The summed E-state index contributed by atoms with van der Waals surface area (Å²) < 4.78 is 5.69. The smallest absolute Gasteiger partial charge is 0.270 e. The summed E-state index contributed by atoms with van der Waals surface area (Å²) in [5, 5.41) is 10.9. The summed E-state index contributed by atoms with van der Waals surface area (Å²) in [4.78, 5) is 14.9. The van der Waals surface area contributed by atoms with Crippen LogP contribution in [0.4, 0.5) is 5.69 Å². The molecule has 0 saturated heterocycles. The van der Waals surface area contributed by atoms with E-state index in [0.717, 1.165) is 5.56 Å². The predicted molar refractivity (Wildman–Crippen MR) is 87.1 cm³/mol. The van der Waals surface area contributed by atoms with E-state index in [1.165, 1.54) is 12.1 Å². The fourth-order valence-electron chi connectivity index (χ4n) is 2.17. The quantitative estimate of drug-likeness (QED) is 0.522. The van der Waals surface area contributed by atoms with E-state index >= 15 is 0 Å². The van der Waals surface area contributed by atoms with Crippen molar-refractivity contribution in [1.82, 2.24) is 4.98 Å². The second-order valence-corrected chi connectivity index (χ2v) is 4.94.